The highest BCUT2D eigenvalue weighted by Crippen LogP contribution is 2.18. The van der Waals surface area contributed by atoms with E-state index < -0.39 is 0 Å². The predicted molar refractivity (Wildman–Crippen MR) is 69.4 cm³/mol. The molecule has 1 aromatic carbocycles. The summed E-state index contributed by atoms with van der Waals surface area (Å²) in [7, 11) is 0. The van der Waals surface area contributed by atoms with E-state index in [0.717, 1.165) is 23.4 Å². The van der Waals surface area contributed by atoms with Gasteiger partial charge in [-0.15, -0.1) is 0 Å². The standard InChI is InChI=1S/C14H17N3/c1-2-3-11-4-6-12(7-5-11)14-8-13(9-15)16-10-17-14/h4-8,10H,2-3,9,15H2,1H3. The van der Waals surface area contributed by atoms with Crippen molar-refractivity contribution >= 4 is 0 Å². The highest BCUT2D eigenvalue weighted by atomic mass is 14.8. The Morgan fingerprint density at radius 3 is 2.53 bits per heavy atom. The molecule has 0 fully saturated rings. The molecule has 3 heteroatoms. The van der Waals surface area contributed by atoms with Crippen LogP contribution in [0.1, 0.15) is 24.6 Å². The summed E-state index contributed by atoms with van der Waals surface area (Å²) >= 11 is 0. The number of rotatable bonds is 4. The van der Waals surface area contributed by atoms with Crippen molar-refractivity contribution in [3.8, 4) is 11.3 Å². The van der Waals surface area contributed by atoms with Crippen molar-refractivity contribution in [2.24, 2.45) is 5.73 Å². The van der Waals surface area contributed by atoms with Crippen LogP contribution in [0, 0.1) is 0 Å². The molecule has 1 aromatic heterocycles. The summed E-state index contributed by atoms with van der Waals surface area (Å²) in [4.78, 5) is 8.36. The summed E-state index contributed by atoms with van der Waals surface area (Å²) in [6, 6.07) is 10.5. The molecule has 2 N–H and O–H groups in total. The SMILES string of the molecule is CCCc1ccc(-c2cc(CN)ncn2)cc1. The molecule has 2 rings (SSSR count). The van der Waals surface area contributed by atoms with Crippen LogP contribution in [-0.2, 0) is 13.0 Å². The lowest BCUT2D eigenvalue weighted by Gasteiger charge is -2.04. The molecule has 0 spiro atoms. The number of hydrogen-bond acceptors (Lipinski definition) is 3. The van der Waals surface area contributed by atoms with Crippen LogP contribution in [-0.4, -0.2) is 9.97 Å². The molecule has 0 saturated heterocycles. The zero-order valence-corrected chi connectivity index (χ0v) is 10.1. The van der Waals surface area contributed by atoms with E-state index >= 15 is 0 Å². The Balaban J connectivity index is 2.26. The zero-order chi connectivity index (χ0) is 12.1. The first-order valence-electron chi connectivity index (χ1n) is 5.93. The molecule has 0 atom stereocenters. The van der Waals surface area contributed by atoms with Gasteiger partial charge in [-0.2, -0.15) is 0 Å². The van der Waals surface area contributed by atoms with Crippen molar-refractivity contribution < 1.29 is 0 Å². The summed E-state index contributed by atoms with van der Waals surface area (Å²) < 4.78 is 0. The summed E-state index contributed by atoms with van der Waals surface area (Å²) in [6.07, 6.45) is 3.86. The average Bonchev–Trinajstić information content (AvgIpc) is 2.40. The third-order valence-electron chi connectivity index (χ3n) is 2.72. The molecular weight excluding hydrogens is 210 g/mol. The highest BCUT2D eigenvalue weighted by Gasteiger charge is 2.01. The monoisotopic (exact) mass is 227 g/mol. The zero-order valence-electron chi connectivity index (χ0n) is 10.1. The Morgan fingerprint density at radius 1 is 1.12 bits per heavy atom. The lowest BCUT2D eigenvalue weighted by Crippen LogP contribution is -2.00. The van der Waals surface area contributed by atoms with Gasteiger partial charge in [0.15, 0.2) is 0 Å². The molecule has 17 heavy (non-hydrogen) atoms. The molecule has 0 saturated carbocycles. The van der Waals surface area contributed by atoms with E-state index in [9.17, 15) is 0 Å². The van der Waals surface area contributed by atoms with Crippen LogP contribution in [0.25, 0.3) is 11.3 Å². The van der Waals surface area contributed by atoms with Crippen LogP contribution in [0.2, 0.25) is 0 Å². The van der Waals surface area contributed by atoms with Gasteiger partial charge in [-0.3, -0.25) is 0 Å². The van der Waals surface area contributed by atoms with Gasteiger partial charge < -0.3 is 5.73 Å². The number of benzene rings is 1. The smallest absolute Gasteiger partial charge is 0.116 e. The van der Waals surface area contributed by atoms with E-state index in [1.165, 1.54) is 12.0 Å². The predicted octanol–water partition coefficient (Wildman–Crippen LogP) is 2.55. The van der Waals surface area contributed by atoms with Gasteiger partial charge in [0.2, 0.25) is 0 Å². The van der Waals surface area contributed by atoms with Crippen molar-refractivity contribution in [1.82, 2.24) is 9.97 Å². The summed E-state index contributed by atoms with van der Waals surface area (Å²) in [5.74, 6) is 0. The van der Waals surface area contributed by atoms with Crippen LogP contribution < -0.4 is 5.73 Å². The molecule has 0 unspecified atom stereocenters. The third kappa shape index (κ3) is 2.88. The largest absolute Gasteiger partial charge is 0.325 e. The van der Waals surface area contributed by atoms with Gasteiger partial charge in [0, 0.05) is 12.1 Å². The fraction of sp³-hybridized carbons (Fsp3) is 0.286. The van der Waals surface area contributed by atoms with Crippen molar-refractivity contribution in [3.05, 3.63) is 47.9 Å². The number of nitrogens with zero attached hydrogens (tertiary/aromatic N) is 2. The van der Waals surface area contributed by atoms with Crippen LogP contribution in [0.4, 0.5) is 0 Å². The van der Waals surface area contributed by atoms with E-state index in [1.807, 2.05) is 6.07 Å². The molecule has 0 aliphatic carbocycles. The van der Waals surface area contributed by atoms with Gasteiger partial charge in [-0.25, -0.2) is 9.97 Å². The van der Waals surface area contributed by atoms with Crippen molar-refractivity contribution in [2.75, 3.05) is 0 Å². The fourth-order valence-corrected chi connectivity index (χ4v) is 1.80. The van der Waals surface area contributed by atoms with E-state index in [2.05, 4.69) is 41.2 Å². The van der Waals surface area contributed by atoms with Crippen molar-refractivity contribution in [3.63, 3.8) is 0 Å². The second-order valence-electron chi connectivity index (χ2n) is 4.05. The van der Waals surface area contributed by atoms with Crippen LogP contribution >= 0.6 is 0 Å². The maximum absolute atomic E-state index is 5.57. The second kappa shape index (κ2) is 5.55. The minimum Gasteiger partial charge on any atom is -0.325 e. The Kier molecular flexibility index (Phi) is 3.83. The van der Waals surface area contributed by atoms with E-state index in [0.29, 0.717) is 6.54 Å². The fourth-order valence-electron chi connectivity index (χ4n) is 1.80. The number of nitrogens with two attached hydrogens (primary N) is 1. The Labute approximate surface area is 102 Å². The summed E-state index contributed by atoms with van der Waals surface area (Å²) in [5, 5.41) is 0. The van der Waals surface area contributed by atoms with Gasteiger partial charge in [0.05, 0.1) is 11.4 Å². The number of aryl methyl sites for hydroxylation is 1. The van der Waals surface area contributed by atoms with Crippen LogP contribution in [0.15, 0.2) is 36.7 Å². The first kappa shape index (κ1) is 11.7. The Morgan fingerprint density at radius 2 is 1.88 bits per heavy atom. The van der Waals surface area contributed by atoms with Crippen LogP contribution in [0.3, 0.4) is 0 Å². The van der Waals surface area contributed by atoms with Gasteiger partial charge in [-0.05, 0) is 18.1 Å². The van der Waals surface area contributed by atoms with Gasteiger partial charge in [0.1, 0.15) is 6.33 Å². The lowest BCUT2D eigenvalue weighted by molar-refractivity contribution is 0.922. The second-order valence-corrected chi connectivity index (χ2v) is 4.05. The normalized spacial score (nSPS) is 10.5. The van der Waals surface area contributed by atoms with Gasteiger partial charge in [-0.1, -0.05) is 37.6 Å². The first-order valence-corrected chi connectivity index (χ1v) is 5.93. The lowest BCUT2D eigenvalue weighted by atomic mass is 10.1. The summed E-state index contributed by atoms with van der Waals surface area (Å²) in [5.41, 5.74) is 9.85. The van der Waals surface area contributed by atoms with E-state index in [1.54, 1.807) is 6.33 Å². The van der Waals surface area contributed by atoms with E-state index in [4.69, 9.17) is 5.73 Å². The topological polar surface area (TPSA) is 51.8 Å². The molecule has 88 valence electrons. The van der Waals surface area contributed by atoms with Crippen LogP contribution in [0.5, 0.6) is 0 Å². The third-order valence-corrected chi connectivity index (χ3v) is 2.72. The molecule has 0 bridgehead atoms. The maximum Gasteiger partial charge on any atom is 0.116 e. The quantitative estimate of drug-likeness (QED) is 0.873. The number of hydrogen-bond donors (Lipinski definition) is 1. The molecule has 2 aromatic rings. The molecule has 0 amide bonds. The average molecular weight is 227 g/mol. The minimum atomic E-state index is 0.448. The minimum absolute atomic E-state index is 0.448. The molecule has 1 heterocycles. The molecule has 0 aliphatic rings. The molecular formula is C14H17N3. The Bertz CT molecular complexity index is 477. The molecule has 3 nitrogen and oxygen atoms in total. The summed E-state index contributed by atoms with van der Waals surface area (Å²) in [6.45, 7) is 2.63. The van der Waals surface area contributed by atoms with Crippen molar-refractivity contribution in [2.45, 2.75) is 26.3 Å². The van der Waals surface area contributed by atoms with Crippen molar-refractivity contribution in [1.29, 1.82) is 0 Å². The first-order chi connectivity index (χ1) is 8.33. The number of aromatic nitrogens is 2. The molecule has 0 radical (unpaired) electrons. The maximum atomic E-state index is 5.57. The van der Waals surface area contributed by atoms with E-state index in [-0.39, 0.29) is 0 Å². The highest BCUT2D eigenvalue weighted by molar-refractivity contribution is 5.59. The Hall–Kier alpha value is -1.74. The van der Waals surface area contributed by atoms with Gasteiger partial charge in [0.25, 0.3) is 0 Å². The molecule has 0 aliphatic heterocycles. The van der Waals surface area contributed by atoms with Gasteiger partial charge >= 0.3 is 0 Å².